The summed E-state index contributed by atoms with van der Waals surface area (Å²) in [5, 5.41) is 10.4. The summed E-state index contributed by atoms with van der Waals surface area (Å²) in [6.45, 7) is 3.54. The predicted molar refractivity (Wildman–Crippen MR) is 88.7 cm³/mol. The first-order chi connectivity index (χ1) is 10.7. The van der Waals surface area contributed by atoms with Crippen molar-refractivity contribution >= 4 is 23.3 Å². The standard InChI is InChI=1S/C17H19N3OS/c1-13-18-19-17(22-13)15-8-5-11-20(12-15)16(21)10-9-14-6-3-2-4-7-14/h2-4,6-7,9-10,15H,5,8,11-12H2,1H3. The molecule has 1 fully saturated rings. The Morgan fingerprint density at radius 1 is 1.32 bits per heavy atom. The molecular formula is C17H19N3OS. The van der Waals surface area contributed by atoms with Gasteiger partial charge in [0.2, 0.25) is 5.91 Å². The lowest BCUT2D eigenvalue weighted by atomic mass is 9.99. The number of hydrogen-bond donors (Lipinski definition) is 0. The molecular weight excluding hydrogens is 294 g/mol. The molecule has 4 nitrogen and oxygen atoms in total. The number of hydrogen-bond acceptors (Lipinski definition) is 4. The highest BCUT2D eigenvalue weighted by atomic mass is 32.1. The first-order valence-corrected chi connectivity index (χ1v) is 8.36. The Morgan fingerprint density at radius 2 is 2.14 bits per heavy atom. The molecule has 1 atom stereocenters. The second-order valence-electron chi connectivity index (χ2n) is 5.53. The van der Waals surface area contributed by atoms with E-state index < -0.39 is 0 Å². The molecule has 1 aromatic carbocycles. The zero-order valence-corrected chi connectivity index (χ0v) is 13.4. The Morgan fingerprint density at radius 3 is 2.86 bits per heavy atom. The van der Waals surface area contributed by atoms with E-state index in [0.717, 1.165) is 41.5 Å². The summed E-state index contributed by atoms with van der Waals surface area (Å²) in [5.74, 6) is 0.406. The molecule has 0 radical (unpaired) electrons. The fourth-order valence-corrected chi connectivity index (χ4v) is 3.52. The number of nitrogens with zero attached hydrogens (tertiary/aromatic N) is 3. The summed E-state index contributed by atoms with van der Waals surface area (Å²) in [5.41, 5.74) is 1.05. The van der Waals surface area contributed by atoms with E-state index in [4.69, 9.17) is 0 Å². The van der Waals surface area contributed by atoms with Gasteiger partial charge in [-0.1, -0.05) is 30.3 Å². The van der Waals surface area contributed by atoms with Gasteiger partial charge in [-0.25, -0.2) is 0 Å². The third-order valence-corrected chi connectivity index (χ3v) is 4.84. The Hall–Kier alpha value is -2.01. The average molecular weight is 313 g/mol. The van der Waals surface area contributed by atoms with Gasteiger partial charge in [0.05, 0.1) is 0 Å². The van der Waals surface area contributed by atoms with Crippen LogP contribution >= 0.6 is 11.3 Å². The zero-order chi connectivity index (χ0) is 15.4. The van der Waals surface area contributed by atoms with E-state index in [1.165, 1.54) is 0 Å². The van der Waals surface area contributed by atoms with Crippen molar-refractivity contribution < 1.29 is 4.79 Å². The molecule has 0 saturated carbocycles. The molecule has 0 N–H and O–H groups in total. The number of aromatic nitrogens is 2. The molecule has 5 heteroatoms. The van der Waals surface area contributed by atoms with Crippen molar-refractivity contribution in [1.82, 2.24) is 15.1 Å². The molecule has 114 valence electrons. The zero-order valence-electron chi connectivity index (χ0n) is 12.6. The SMILES string of the molecule is Cc1nnc(C2CCCN(C(=O)C=Cc3ccccc3)C2)s1. The summed E-state index contributed by atoms with van der Waals surface area (Å²) in [4.78, 5) is 14.3. The van der Waals surface area contributed by atoms with Crippen molar-refractivity contribution in [2.45, 2.75) is 25.7 Å². The predicted octanol–water partition coefficient (Wildman–Crippen LogP) is 3.27. The minimum Gasteiger partial charge on any atom is -0.338 e. The normalized spacial score (nSPS) is 18.8. The topological polar surface area (TPSA) is 46.1 Å². The van der Waals surface area contributed by atoms with E-state index in [0.29, 0.717) is 5.92 Å². The molecule has 2 heterocycles. The third kappa shape index (κ3) is 3.60. The number of piperidine rings is 1. The van der Waals surface area contributed by atoms with E-state index >= 15 is 0 Å². The highest BCUT2D eigenvalue weighted by Gasteiger charge is 2.25. The fraction of sp³-hybridized carbons (Fsp3) is 0.353. The summed E-state index contributed by atoms with van der Waals surface area (Å²) in [6.07, 6.45) is 5.65. The Kier molecular flexibility index (Phi) is 4.63. The van der Waals surface area contributed by atoms with Gasteiger partial charge in [-0.05, 0) is 31.4 Å². The van der Waals surface area contributed by atoms with Crippen LogP contribution in [0.4, 0.5) is 0 Å². The number of rotatable bonds is 3. The highest BCUT2D eigenvalue weighted by molar-refractivity contribution is 7.11. The lowest BCUT2D eigenvalue weighted by Crippen LogP contribution is -2.38. The smallest absolute Gasteiger partial charge is 0.246 e. The molecule has 1 aromatic heterocycles. The molecule has 3 rings (SSSR count). The third-order valence-electron chi connectivity index (χ3n) is 3.84. The molecule has 0 aliphatic carbocycles. The lowest BCUT2D eigenvalue weighted by Gasteiger charge is -2.30. The van der Waals surface area contributed by atoms with Crippen molar-refractivity contribution in [2.24, 2.45) is 0 Å². The number of carbonyl (C=O) groups excluding carboxylic acids is 1. The minimum absolute atomic E-state index is 0.0785. The van der Waals surface area contributed by atoms with Crippen LogP contribution in [0.15, 0.2) is 36.4 Å². The van der Waals surface area contributed by atoms with Crippen molar-refractivity contribution in [3.05, 3.63) is 52.0 Å². The maximum absolute atomic E-state index is 12.4. The molecule has 1 aliphatic rings. The largest absolute Gasteiger partial charge is 0.338 e. The van der Waals surface area contributed by atoms with E-state index in [1.54, 1.807) is 17.4 Å². The van der Waals surface area contributed by atoms with Gasteiger partial charge >= 0.3 is 0 Å². The van der Waals surface area contributed by atoms with Crippen LogP contribution < -0.4 is 0 Å². The van der Waals surface area contributed by atoms with Crippen LogP contribution in [-0.2, 0) is 4.79 Å². The van der Waals surface area contributed by atoms with Crippen LogP contribution in [0, 0.1) is 6.92 Å². The van der Waals surface area contributed by atoms with Crippen molar-refractivity contribution in [1.29, 1.82) is 0 Å². The molecule has 1 amide bonds. The fourth-order valence-electron chi connectivity index (χ4n) is 2.69. The number of amides is 1. The summed E-state index contributed by atoms with van der Waals surface area (Å²) >= 11 is 1.64. The summed E-state index contributed by atoms with van der Waals surface area (Å²) in [6, 6.07) is 9.90. The molecule has 22 heavy (non-hydrogen) atoms. The van der Waals surface area contributed by atoms with E-state index in [9.17, 15) is 4.79 Å². The average Bonchev–Trinajstić information content (AvgIpc) is 3.00. The lowest BCUT2D eigenvalue weighted by molar-refractivity contribution is -0.127. The van der Waals surface area contributed by atoms with Gasteiger partial charge in [0, 0.05) is 25.1 Å². The molecule has 2 aromatic rings. The van der Waals surface area contributed by atoms with Crippen LogP contribution in [-0.4, -0.2) is 34.1 Å². The van der Waals surface area contributed by atoms with Crippen LogP contribution in [0.25, 0.3) is 6.08 Å². The van der Waals surface area contributed by atoms with Crippen LogP contribution in [0.2, 0.25) is 0 Å². The Labute approximate surface area is 134 Å². The van der Waals surface area contributed by atoms with E-state index in [-0.39, 0.29) is 5.91 Å². The van der Waals surface area contributed by atoms with Gasteiger partial charge in [-0.15, -0.1) is 21.5 Å². The number of benzene rings is 1. The minimum atomic E-state index is 0.0785. The van der Waals surface area contributed by atoms with Gasteiger partial charge in [0.15, 0.2) is 0 Å². The second-order valence-corrected chi connectivity index (χ2v) is 6.74. The van der Waals surface area contributed by atoms with Gasteiger partial charge < -0.3 is 4.90 Å². The number of likely N-dealkylation sites (tertiary alicyclic amines) is 1. The highest BCUT2D eigenvalue weighted by Crippen LogP contribution is 2.29. The molecule has 1 saturated heterocycles. The van der Waals surface area contributed by atoms with E-state index in [1.807, 2.05) is 48.2 Å². The van der Waals surface area contributed by atoms with Gasteiger partial charge in [-0.2, -0.15) is 0 Å². The Balaban J connectivity index is 1.64. The van der Waals surface area contributed by atoms with Gasteiger partial charge in [0.25, 0.3) is 0 Å². The maximum Gasteiger partial charge on any atom is 0.246 e. The molecule has 0 bridgehead atoms. The summed E-state index contributed by atoms with van der Waals surface area (Å²) < 4.78 is 0. The van der Waals surface area contributed by atoms with Gasteiger partial charge in [-0.3, -0.25) is 4.79 Å². The maximum atomic E-state index is 12.4. The number of carbonyl (C=O) groups is 1. The Bertz CT molecular complexity index is 666. The van der Waals surface area contributed by atoms with E-state index in [2.05, 4.69) is 10.2 Å². The molecule has 1 aliphatic heterocycles. The number of aryl methyl sites for hydroxylation is 1. The van der Waals surface area contributed by atoms with Crippen LogP contribution in [0.1, 0.15) is 34.3 Å². The monoisotopic (exact) mass is 313 g/mol. The van der Waals surface area contributed by atoms with Crippen molar-refractivity contribution in [2.75, 3.05) is 13.1 Å². The second kappa shape index (κ2) is 6.83. The quantitative estimate of drug-likeness (QED) is 0.817. The van der Waals surface area contributed by atoms with Gasteiger partial charge in [0.1, 0.15) is 10.0 Å². The summed E-state index contributed by atoms with van der Waals surface area (Å²) in [7, 11) is 0. The van der Waals surface area contributed by atoms with Crippen molar-refractivity contribution in [3.63, 3.8) is 0 Å². The molecule has 0 spiro atoms. The first kappa shape index (κ1) is 14.9. The van der Waals surface area contributed by atoms with Crippen LogP contribution in [0.5, 0.6) is 0 Å². The van der Waals surface area contributed by atoms with Crippen molar-refractivity contribution in [3.8, 4) is 0 Å². The van der Waals surface area contributed by atoms with Crippen LogP contribution in [0.3, 0.4) is 0 Å². The molecule has 1 unspecified atom stereocenters. The first-order valence-electron chi connectivity index (χ1n) is 7.54.